The molecule has 0 spiro atoms. The average molecular weight is 359 g/mol. The van der Waals surface area contributed by atoms with Crippen molar-refractivity contribution in [2.75, 3.05) is 17.3 Å². The maximum atomic E-state index is 12.7. The predicted molar refractivity (Wildman–Crippen MR) is 98.3 cm³/mol. The van der Waals surface area contributed by atoms with Crippen LogP contribution in [0.3, 0.4) is 0 Å². The number of anilines is 2. The number of methoxy groups -OCH3 is 1. The van der Waals surface area contributed by atoms with Gasteiger partial charge in [-0.15, -0.1) is 0 Å². The van der Waals surface area contributed by atoms with Crippen molar-refractivity contribution in [3.63, 3.8) is 0 Å². The molecule has 2 amide bonds. The normalized spacial score (nSPS) is 16.8. The summed E-state index contributed by atoms with van der Waals surface area (Å²) in [6.45, 7) is 1.88. The molecule has 0 bridgehead atoms. The van der Waals surface area contributed by atoms with Gasteiger partial charge in [-0.05, 0) is 61.4 Å². The van der Waals surface area contributed by atoms with Crippen LogP contribution in [0.5, 0.6) is 5.75 Å². The largest absolute Gasteiger partial charge is 0.497 e. The number of carbonyl (C=O) groups is 2. The van der Waals surface area contributed by atoms with E-state index < -0.39 is 6.04 Å². The van der Waals surface area contributed by atoms with Crippen LogP contribution in [-0.2, 0) is 9.59 Å². The molecule has 130 valence electrons. The molecule has 25 heavy (non-hydrogen) atoms. The number of hydrogen-bond acceptors (Lipinski definition) is 3. The van der Waals surface area contributed by atoms with Crippen molar-refractivity contribution < 1.29 is 14.3 Å². The van der Waals surface area contributed by atoms with Gasteiger partial charge in [0.2, 0.25) is 11.8 Å². The van der Waals surface area contributed by atoms with Gasteiger partial charge in [0.1, 0.15) is 11.8 Å². The highest BCUT2D eigenvalue weighted by atomic mass is 35.5. The lowest BCUT2D eigenvalue weighted by atomic mass is 10.1. The van der Waals surface area contributed by atoms with Gasteiger partial charge in [-0.25, -0.2) is 0 Å². The average Bonchev–Trinajstić information content (AvgIpc) is 2.99. The Morgan fingerprint density at radius 3 is 2.60 bits per heavy atom. The first-order chi connectivity index (χ1) is 12.0. The first kappa shape index (κ1) is 17.3. The van der Waals surface area contributed by atoms with E-state index in [1.807, 2.05) is 6.92 Å². The summed E-state index contributed by atoms with van der Waals surface area (Å²) < 4.78 is 5.14. The van der Waals surface area contributed by atoms with Crippen molar-refractivity contribution >= 4 is 34.8 Å². The van der Waals surface area contributed by atoms with Gasteiger partial charge in [0.15, 0.2) is 0 Å². The third kappa shape index (κ3) is 3.61. The van der Waals surface area contributed by atoms with Crippen molar-refractivity contribution in [1.29, 1.82) is 0 Å². The molecule has 0 radical (unpaired) electrons. The standard InChI is InChI=1S/C19H19ClN2O3/c1-12-11-13(20)3-8-16(12)21-19(24)17-9-10-18(23)22(17)14-4-6-15(25-2)7-5-14/h3-8,11,17H,9-10H2,1-2H3,(H,21,24). The molecule has 1 fully saturated rings. The first-order valence-corrected chi connectivity index (χ1v) is 8.40. The number of ether oxygens (including phenoxy) is 1. The maximum absolute atomic E-state index is 12.7. The fraction of sp³-hybridized carbons (Fsp3) is 0.263. The third-order valence-electron chi connectivity index (χ3n) is 4.31. The van der Waals surface area contributed by atoms with Gasteiger partial charge in [0.25, 0.3) is 0 Å². The summed E-state index contributed by atoms with van der Waals surface area (Å²) in [4.78, 5) is 26.6. The Balaban J connectivity index is 1.81. The smallest absolute Gasteiger partial charge is 0.247 e. The summed E-state index contributed by atoms with van der Waals surface area (Å²) in [5.74, 6) is 0.443. The van der Waals surface area contributed by atoms with Crippen molar-refractivity contribution in [2.24, 2.45) is 0 Å². The second-order valence-corrected chi connectivity index (χ2v) is 6.40. The zero-order chi connectivity index (χ0) is 18.0. The van der Waals surface area contributed by atoms with Gasteiger partial charge in [0, 0.05) is 22.8 Å². The monoisotopic (exact) mass is 358 g/mol. The fourth-order valence-electron chi connectivity index (χ4n) is 2.98. The van der Waals surface area contributed by atoms with Crippen molar-refractivity contribution in [2.45, 2.75) is 25.8 Å². The van der Waals surface area contributed by atoms with Crippen LogP contribution in [-0.4, -0.2) is 25.0 Å². The van der Waals surface area contributed by atoms with Crippen LogP contribution in [0, 0.1) is 6.92 Å². The van der Waals surface area contributed by atoms with Crippen molar-refractivity contribution in [1.82, 2.24) is 0 Å². The van der Waals surface area contributed by atoms with Crippen LogP contribution >= 0.6 is 11.6 Å². The fourth-order valence-corrected chi connectivity index (χ4v) is 3.21. The Bertz CT molecular complexity index is 805. The summed E-state index contributed by atoms with van der Waals surface area (Å²) in [5.41, 5.74) is 2.26. The number of benzene rings is 2. The molecular weight excluding hydrogens is 340 g/mol. The Labute approximate surface area is 151 Å². The molecule has 0 saturated carbocycles. The molecule has 1 unspecified atom stereocenters. The lowest BCUT2D eigenvalue weighted by Gasteiger charge is -2.24. The number of amides is 2. The molecule has 1 N–H and O–H groups in total. The van der Waals surface area contributed by atoms with Gasteiger partial charge in [-0.1, -0.05) is 11.6 Å². The highest BCUT2D eigenvalue weighted by Gasteiger charge is 2.37. The zero-order valence-electron chi connectivity index (χ0n) is 14.1. The van der Waals surface area contributed by atoms with E-state index in [0.717, 1.165) is 5.56 Å². The molecule has 6 heteroatoms. The van der Waals surface area contributed by atoms with Gasteiger partial charge in [-0.2, -0.15) is 0 Å². The lowest BCUT2D eigenvalue weighted by Crippen LogP contribution is -2.41. The number of carbonyl (C=O) groups excluding carboxylic acids is 2. The molecular formula is C19H19ClN2O3. The number of hydrogen-bond donors (Lipinski definition) is 1. The van der Waals surface area contributed by atoms with Gasteiger partial charge in [-0.3, -0.25) is 14.5 Å². The maximum Gasteiger partial charge on any atom is 0.247 e. The summed E-state index contributed by atoms with van der Waals surface area (Å²) in [5, 5.41) is 3.52. The van der Waals surface area contributed by atoms with E-state index in [2.05, 4.69) is 5.32 Å². The Kier molecular flexibility index (Phi) is 4.95. The molecule has 3 rings (SSSR count). The van der Waals surface area contributed by atoms with Crippen LogP contribution < -0.4 is 15.0 Å². The SMILES string of the molecule is COc1ccc(N2C(=O)CCC2C(=O)Nc2ccc(Cl)cc2C)cc1. The minimum absolute atomic E-state index is 0.0573. The Morgan fingerprint density at radius 1 is 1.24 bits per heavy atom. The van der Waals surface area contributed by atoms with Gasteiger partial charge in [0.05, 0.1) is 7.11 Å². The van der Waals surface area contributed by atoms with Crippen molar-refractivity contribution in [3.8, 4) is 5.75 Å². The van der Waals surface area contributed by atoms with Crippen LogP contribution in [0.2, 0.25) is 5.02 Å². The lowest BCUT2D eigenvalue weighted by molar-refractivity contribution is -0.120. The highest BCUT2D eigenvalue weighted by Crippen LogP contribution is 2.29. The number of halogens is 1. The van der Waals surface area contributed by atoms with Gasteiger partial charge < -0.3 is 10.1 Å². The summed E-state index contributed by atoms with van der Waals surface area (Å²) in [7, 11) is 1.58. The number of rotatable bonds is 4. The molecule has 1 saturated heterocycles. The van der Waals surface area contributed by atoms with E-state index >= 15 is 0 Å². The Hall–Kier alpha value is -2.53. The van der Waals surface area contributed by atoms with E-state index in [1.54, 1.807) is 54.5 Å². The topological polar surface area (TPSA) is 58.6 Å². The molecule has 1 aliphatic rings. The quantitative estimate of drug-likeness (QED) is 0.904. The highest BCUT2D eigenvalue weighted by molar-refractivity contribution is 6.30. The molecule has 1 atom stereocenters. The molecule has 2 aromatic rings. The van der Waals surface area contributed by atoms with Crippen LogP contribution in [0.15, 0.2) is 42.5 Å². The molecule has 1 heterocycles. The van der Waals surface area contributed by atoms with E-state index in [1.165, 1.54) is 0 Å². The van der Waals surface area contributed by atoms with E-state index in [0.29, 0.717) is 35.0 Å². The summed E-state index contributed by atoms with van der Waals surface area (Å²) in [6.07, 6.45) is 0.840. The van der Waals surface area contributed by atoms with Crippen LogP contribution in [0.25, 0.3) is 0 Å². The van der Waals surface area contributed by atoms with E-state index in [4.69, 9.17) is 16.3 Å². The second-order valence-electron chi connectivity index (χ2n) is 5.96. The molecule has 0 aromatic heterocycles. The van der Waals surface area contributed by atoms with Crippen LogP contribution in [0.4, 0.5) is 11.4 Å². The number of aryl methyl sites for hydroxylation is 1. The zero-order valence-corrected chi connectivity index (χ0v) is 14.8. The van der Waals surface area contributed by atoms with Gasteiger partial charge >= 0.3 is 0 Å². The summed E-state index contributed by atoms with van der Waals surface area (Å²) >= 11 is 5.95. The van der Waals surface area contributed by atoms with Crippen molar-refractivity contribution in [3.05, 3.63) is 53.1 Å². The number of nitrogens with zero attached hydrogens (tertiary/aromatic N) is 1. The Morgan fingerprint density at radius 2 is 1.96 bits per heavy atom. The first-order valence-electron chi connectivity index (χ1n) is 8.02. The molecule has 5 nitrogen and oxygen atoms in total. The third-order valence-corrected chi connectivity index (χ3v) is 4.55. The minimum Gasteiger partial charge on any atom is -0.497 e. The number of nitrogens with one attached hydrogen (secondary N) is 1. The predicted octanol–water partition coefficient (Wildman–Crippen LogP) is 3.79. The minimum atomic E-state index is -0.532. The molecule has 0 aliphatic carbocycles. The summed E-state index contributed by atoms with van der Waals surface area (Å²) in [6, 6.07) is 11.9. The van der Waals surface area contributed by atoms with E-state index in [9.17, 15) is 9.59 Å². The molecule has 2 aromatic carbocycles. The van der Waals surface area contributed by atoms with E-state index in [-0.39, 0.29) is 11.8 Å². The van der Waals surface area contributed by atoms with Crippen LogP contribution in [0.1, 0.15) is 18.4 Å². The second kappa shape index (κ2) is 7.15. The molecule has 1 aliphatic heterocycles.